The van der Waals surface area contributed by atoms with Crippen LogP contribution in [-0.4, -0.2) is 23.8 Å². The van der Waals surface area contributed by atoms with Gasteiger partial charge in [0.15, 0.2) is 0 Å². The molecule has 0 saturated heterocycles. The highest BCUT2D eigenvalue weighted by Crippen LogP contribution is 2.07. The lowest BCUT2D eigenvalue weighted by atomic mass is 10.0. The molecular weight excluding hydrogens is 150 g/mol. The van der Waals surface area contributed by atoms with E-state index in [9.17, 15) is 0 Å². The molecule has 0 aliphatic carbocycles. The predicted octanol–water partition coefficient (Wildman–Crippen LogP) is 1.78. The topological polar surface area (TPSA) is 32.3 Å². The van der Waals surface area contributed by atoms with Gasteiger partial charge in [-0.2, -0.15) is 0 Å². The zero-order valence-corrected chi connectivity index (χ0v) is 8.80. The van der Waals surface area contributed by atoms with E-state index in [-0.39, 0.29) is 12.6 Å². The molecule has 2 N–H and O–H groups in total. The van der Waals surface area contributed by atoms with Gasteiger partial charge in [-0.25, -0.2) is 0 Å². The fraction of sp³-hybridized carbons (Fsp3) is 1.00. The van der Waals surface area contributed by atoms with Crippen LogP contribution in [0.25, 0.3) is 0 Å². The first-order valence-electron chi connectivity index (χ1n) is 5.02. The van der Waals surface area contributed by atoms with Crippen LogP contribution in [0.3, 0.4) is 0 Å². The second kappa shape index (κ2) is 6.44. The summed E-state index contributed by atoms with van der Waals surface area (Å²) in [5.74, 6) is 0.649. The first-order chi connectivity index (χ1) is 5.65. The van der Waals surface area contributed by atoms with Crippen molar-refractivity contribution in [3.05, 3.63) is 0 Å². The van der Waals surface area contributed by atoms with Crippen LogP contribution in [-0.2, 0) is 0 Å². The normalized spacial score (nSPS) is 16.5. The molecular formula is C10H23NO. The van der Waals surface area contributed by atoms with Crippen molar-refractivity contribution >= 4 is 0 Å². The van der Waals surface area contributed by atoms with Gasteiger partial charge in [-0.15, -0.1) is 0 Å². The van der Waals surface area contributed by atoms with Crippen molar-refractivity contribution in [2.75, 3.05) is 6.61 Å². The summed E-state index contributed by atoms with van der Waals surface area (Å²) in [5, 5.41) is 12.4. The number of aliphatic hydroxyl groups is 1. The monoisotopic (exact) mass is 173 g/mol. The summed E-state index contributed by atoms with van der Waals surface area (Å²) in [7, 11) is 0. The van der Waals surface area contributed by atoms with E-state index in [2.05, 4.69) is 33.0 Å². The molecule has 2 nitrogen and oxygen atoms in total. The van der Waals surface area contributed by atoms with Gasteiger partial charge in [0, 0.05) is 12.1 Å². The SMILES string of the molecule is CCC(N[C@H](CC)CO)C(C)C. The Morgan fingerprint density at radius 3 is 2.00 bits per heavy atom. The zero-order valence-electron chi connectivity index (χ0n) is 8.80. The van der Waals surface area contributed by atoms with Crippen LogP contribution in [0.5, 0.6) is 0 Å². The van der Waals surface area contributed by atoms with Gasteiger partial charge in [0.25, 0.3) is 0 Å². The Hall–Kier alpha value is -0.0800. The standard InChI is InChI=1S/C10H23NO/c1-5-9(7-12)11-10(6-2)8(3)4/h8-12H,5-7H2,1-4H3/t9-,10?/m1/s1. The lowest BCUT2D eigenvalue weighted by molar-refractivity contribution is 0.214. The van der Waals surface area contributed by atoms with E-state index in [4.69, 9.17) is 5.11 Å². The minimum atomic E-state index is 0.250. The van der Waals surface area contributed by atoms with Gasteiger partial charge in [0.2, 0.25) is 0 Å². The van der Waals surface area contributed by atoms with E-state index >= 15 is 0 Å². The van der Waals surface area contributed by atoms with Crippen LogP contribution < -0.4 is 5.32 Å². The average Bonchev–Trinajstić information content (AvgIpc) is 2.06. The minimum Gasteiger partial charge on any atom is -0.395 e. The first-order valence-corrected chi connectivity index (χ1v) is 5.02. The summed E-state index contributed by atoms with van der Waals surface area (Å²) >= 11 is 0. The van der Waals surface area contributed by atoms with E-state index in [1.807, 2.05) is 0 Å². The van der Waals surface area contributed by atoms with E-state index in [0.717, 1.165) is 12.8 Å². The molecule has 0 heterocycles. The van der Waals surface area contributed by atoms with Crippen LogP contribution in [0.4, 0.5) is 0 Å². The molecule has 0 amide bonds. The lowest BCUT2D eigenvalue weighted by Crippen LogP contribution is -2.42. The summed E-state index contributed by atoms with van der Waals surface area (Å²) in [5.41, 5.74) is 0. The number of nitrogens with one attached hydrogen (secondary N) is 1. The van der Waals surface area contributed by atoms with Crippen molar-refractivity contribution in [2.45, 2.75) is 52.6 Å². The highest BCUT2D eigenvalue weighted by molar-refractivity contribution is 4.74. The van der Waals surface area contributed by atoms with Crippen LogP contribution in [0.15, 0.2) is 0 Å². The molecule has 0 saturated carbocycles. The molecule has 0 aromatic heterocycles. The highest BCUT2D eigenvalue weighted by atomic mass is 16.3. The van der Waals surface area contributed by atoms with Crippen LogP contribution in [0, 0.1) is 5.92 Å². The van der Waals surface area contributed by atoms with Gasteiger partial charge in [0.1, 0.15) is 0 Å². The molecule has 0 fully saturated rings. The third-order valence-electron chi connectivity index (χ3n) is 2.41. The Labute approximate surface area is 76.4 Å². The first kappa shape index (κ1) is 11.9. The molecule has 12 heavy (non-hydrogen) atoms. The number of hydrogen-bond acceptors (Lipinski definition) is 2. The minimum absolute atomic E-state index is 0.250. The summed E-state index contributed by atoms with van der Waals surface area (Å²) in [6, 6.07) is 0.819. The van der Waals surface area contributed by atoms with Gasteiger partial charge in [-0.1, -0.05) is 27.7 Å². The summed E-state index contributed by atoms with van der Waals surface area (Å²) in [6.45, 7) is 8.96. The van der Waals surface area contributed by atoms with Gasteiger partial charge < -0.3 is 10.4 Å². The van der Waals surface area contributed by atoms with Crippen molar-refractivity contribution in [1.82, 2.24) is 5.32 Å². The lowest BCUT2D eigenvalue weighted by Gasteiger charge is -2.25. The number of hydrogen-bond donors (Lipinski definition) is 2. The van der Waals surface area contributed by atoms with Crippen LogP contribution in [0.2, 0.25) is 0 Å². The average molecular weight is 173 g/mol. The summed E-state index contributed by atoms with van der Waals surface area (Å²) in [4.78, 5) is 0. The molecule has 2 atom stereocenters. The summed E-state index contributed by atoms with van der Waals surface area (Å²) in [6.07, 6.45) is 2.13. The van der Waals surface area contributed by atoms with Crippen LogP contribution >= 0.6 is 0 Å². The molecule has 0 rings (SSSR count). The second-order valence-electron chi connectivity index (χ2n) is 3.71. The molecule has 0 bridgehead atoms. The maximum absolute atomic E-state index is 8.99. The van der Waals surface area contributed by atoms with Gasteiger partial charge in [0.05, 0.1) is 6.61 Å². The van der Waals surface area contributed by atoms with E-state index in [1.54, 1.807) is 0 Å². The van der Waals surface area contributed by atoms with Gasteiger partial charge in [-0.3, -0.25) is 0 Å². The molecule has 1 unspecified atom stereocenters. The van der Waals surface area contributed by atoms with Gasteiger partial charge >= 0.3 is 0 Å². The van der Waals surface area contributed by atoms with E-state index in [0.29, 0.717) is 12.0 Å². The Balaban J connectivity index is 3.82. The molecule has 0 aliphatic heterocycles. The van der Waals surface area contributed by atoms with Crippen molar-refractivity contribution in [1.29, 1.82) is 0 Å². The number of rotatable bonds is 6. The van der Waals surface area contributed by atoms with E-state index in [1.165, 1.54) is 0 Å². The highest BCUT2D eigenvalue weighted by Gasteiger charge is 2.14. The Bertz CT molecular complexity index is 100. The molecule has 2 heteroatoms. The maximum atomic E-state index is 8.99. The van der Waals surface area contributed by atoms with Crippen molar-refractivity contribution < 1.29 is 5.11 Å². The third-order valence-corrected chi connectivity index (χ3v) is 2.41. The summed E-state index contributed by atoms with van der Waals surface area (Å²) < 4.78 is 0. The Morgan fingerprint density at radius 2 is 1.75 bits per heavy atom. The van der Waals surface area contributed by atoms with Crippen molar-refractivity contribution in [3.8, 4) is 0 Å². The zero-order chi connectivity index (χ0) is 9.56. The van der Waals surface area contributed by atoms with E-state index < -0.39 is 0 Å². The molecule has 74 valence electrons. The second-order valence-corrected chi connectivity index (χ2v) is 3.71. The predicted molar refractivity (Wildman–Crippen MR) is 53.2 cm³/mol. The molecule has 0 aromatic carbocycles. The van der Waals surface area contributed by atoms with Gasteiger partial charge in [-0.05, 0) is 18.8 Å². The number of aliphatic hydroxyl groups excluding tert-OH is 1. The largest absolute Gasteiger partial charge is 0.395 e. The molecule has 0 aromatic rings. The fourth-order valence-corrected chi connectivity index (χ4v) is 1.38. The van der Waals surface area contributed by atoms with Crippen molar-refractivity contribution in [3.63, 3.8) is 0 Å². The molecule has 0 radical (unpaired) electrons. The Morgan fingerprint density at radius 1 is 1.17 bits per heavy atom. The van der Waals surface area contributed by atoms with Crippen molar-refractivity contribution in [2.24, 2.45) is 5.92 Å². The molecule has 0 aliphatic rings. The maximum Gasteiger partial charge on any atom is 0.0584 e. The third kappa shape index (κ3) is 4.07. The molecule has 0 spiro atoms. The fourth-order valence-electron chi connectivity index (χ4n) is 1.38. The quantitative estimate of drug-likeness (QED) is 0.641. The van der Waals surface area contributed by atoms with Crippen LogP contribution in [0.1, 0.15) is 40.5 Å². The smallest absolute Gasteiger partial charge is 0.0584 e. The Kier molecular flexibility index (Phi) is 6.39.